The number of sulfone groups is 1. The zero-order valence-corrected chi connectivity index (χ0v) is 13.9. The van der Waals surface area contributed by atoms with Gasteiger partial charge in [0.15, 0.2) is 0 Å². The first-order chi connectivity index (χ1) is 11.1. The van der Waals surface area contributed by atoms with Crippen LogP contribution in [0.4, 0.5) is 0 Å². The molecule has 0 fully saturated rings. The maximum Gasteiger partial charge on any atom is 0.206 e. The highest BCUT2D eigenvalue weighted by Crippen LogP contribution is 2.33. The van der Waals surface area contributed by atoms with Gasteiger partial charge < -0.3 is 5.32 Å². The Balaban J connectivity index is 1.96. The molecule has 4 heteroatoms. The molecule has 23 heavy (non-hydrogen) atoms. The summed E-state index contributed by atoms with van der Waals surface area (Å²) in [7, 11) is -3.44. The molecule has 1 N–H and O–H groups in total. The lowest BCUT2D eigenvalue weighted by Crippen LogP contribution is -2.21. The Kier molecular flexibility index (Phi) is 4.53. The van der Waals surface area contributed by atoms with E-state index in [-0.39, 0.29) is 0 Å². The highest BCUT2D eigenvalue weighted by molar-refractivity contribution is 7.91. The minimum atomic E-state index is -3.44. The molecule has 2 aromatic rings. The van der Waals surface area contributed by atoms with E-state index < -0.39 is 9.84 Å². The summed E-state index contributed by atoms with van der Waals surface area (Å²) in [4.78, 5) is 0.736. The fourth-order valence-corrected chi connectivity index (χ4v) is 4.56. The Morgan fingerprint density at radius 2 is 1.91 bits per heavy atom. The van der Waals surface area contributed by atoms with Gasteiger partial charge in [-0.15, -0.1) is 0 Å². The average molecular weight is 327 g/mol. The molecule has 1 atom stereocenters. The molecule has 3 nitrogen and oxygen atoms in total. The summed E-state index contributed by atoms with van der Waals surface area (Å²) in [5.41, 5.74) is 2.42. The quantitative estimate of drug-likeness (QED) is 0.911. The summed E-state index contributed by atoms with van der Waals surface area (Å²) in [6, 6.07) is 14.2. The average Bonchev–Trinajstić information content (AvgIpc) is 2.60. The molecule has 120 valence electrons. The predicted molar refractivity (Wildman–Crippen MR) is 92.2 cm³/mol. The first-order valence-corrected chi connectivity index (χ1v) is 9.38. The third-order valence-corrected chi connectivity index (χ3v) is 6.19. The number of fused-ring (bicyclic) bond motifs is 1. The number of hydrogen-bond acceptors (Lipinski definition) is 3. The Labute approximate surface area is 138 Å². The molecule has 3 rings (SSSR count). The van der Waals surface area contributed by atoms with Crippen LogP contribution in [-0.4, -0.2) is 15.0 Å². The topological polar surface area (TPSA) is 46.2 Å². The summed E-state index contributed by atoms with van der Waals surface area (Å²) in [6.07, 6.45) is 4.87. The van der Waals surface area contributed by atoms with Gasteiger partial charge in [-0.05, 0) is 60.9 Å². The van der Waals surface area contributed by atoms with Gasteiger partial charge in [0.2, 0.25) is 9.84 Å². The molecule has 0 saturated carbocycles. The lowest BCUT2D eigenvalue weighted by Gasteiger charge is -2.26. The van der Waals surface area contributed by atoms with Crippen LogP contribution >= 0.6 is 0 Å². The van der Waals surface area contributed by atoms with Gasteiger partial charge in [0, 0.05) is 12.5 Å². The fourth-order valence-electron chi connectivity index (χ4n) is 3.23. The van der Waals surface area contributed by atoms with Crippen LogP contribution in [0.3, 0.4) is 0 Å². The Morgan fingerprint density at radius 1 is 1.13 bits per heavy atom. The van der Waals surface area contributed by atoms with Gasteiger partial charge in [0.05, 0.1) is 9.79 Å². The normalized spacial score (nSPS) is 17.3. The standard InChI is InChI=1S/C19H21NO2S/c1-2-20-14-16-8-6-7-15-13-18(11-12-19(15)16)23(21,22)17-9-4-3-5-10-17/h2-5,9-13,16,20H,1,6-8,14H2/t16-/m0/s1. The van der Waals surface area contributed by atoms with Gasteiger partial charge in [-0.25, -0.2) is 8.42 Å². The zero-order valence-electron chi connectivity index (χ0n) is 13.0. The van der Waals surface area contributed by atoms with Crippen LogP contribution in [0.1, 0.15) is 29.9 Å². The second kappa shape index (κ2) is 6.59. The molecular formula is C19H21NO2S. The van der Waals surface area contributed by atoms with Crippen LogP contribution in [-0.2, 0) is 16.3 Å². The predicted octanol–water partition coefficient (Wildman–Crippen LogP) is 3.67. The second-order valence-electron chi connectivity index (χ2n) is 5.88. The molecule has 0 radical (unpaired) electrons. The smallest absolute Gasteiger partial charge is 0.206 e. The lowest BCUT2D eigenvalue weighted by molar-refractivity contribution is 0.535. The fraction of sp³-hybridized carbons (Fsp3) is 0.263. The van der Waals surface area contributed by atoms with E-state index in [0.29, 0.717) is 15.7 Å². The molecule has 0 saturated heterocycles. The van der Waals surface area contributed by atoms with E-state index in [1.54, 1.807) is 36.5 Å². The third kappa shape index (κ3) is 3.17. The van der Waals surface area contributed by atoms with Gasteiger partial charge in [0.1, 0.15) is 0 Å². The molecule has 0 spiro atoms. The van der Waals surface area contributed by atoms with Crippen molar-refractivity contribution in [2.24, 2.45) is 0 Å². The maximum absolute atomic E-state index is 12.7. The highest BCUT2D eigenvalue weighted by atomic mass is 32.2. The van der Waals surface area contributed by atoms with Crippen molar-refractivity contribution in [1.82, 2.24) is 5.32 Å². The molecule has 0 amide bonds. The summed E-state index contributed by atoms with van der Waals surface area (Å²) >= 11 is 0. The van der Waals surface area contributed by atoms with E-state index >= 15 is 0 Å². The van der Waals surface area contributed by atoms with Gasteiger partial charge in [-0.2, -0.15) is 0 Å². The van der Waals surface area contributed by atoms with Crippen LogP contribution in [0, 0.1) is 0 Å². The second-order valence-corrected chi connectivity index (χ2v) is 7.83. The Hall–Kier alpha value is -2.07. The van der Waals surface area contributed by atoms with Gasteiger partial charge in [0.25, 0.3) is 0 Å². The zero-order chi connectivity index (χ0) is 16.3. The molecule has 0 aliphatic heterocycles. The van der Waals surface area contributed by atoms with E-state index in [0.717, 1.165) is 31.4 Å². The van der Waals surface area contributed by atoms with E-state index in [1.807, 2.05) is 18.2 Å². The molecule has 2 aromatic carbocycles. The van der Waals surface area contributed by atoms with Crippen molar-refractivity contribution >= 4 is 9.84 Å². The number of hydrogen-bond donors (Lipinski definition) is 1. The number of benzene rings is 2. The van der Waals surface area contributed by atoms with Gasteiger partial charge in [-0.1, -0.05) is 30.8 Å². The van der Waals surface area contributed by atoms with Crippen molar-refractivity contribution in [1.29, 1.82) is 0 Å². The third-order valence-electron chi connectivity index (χ3n) is 4.43. The minimum absolute atomic E-state index is 0.348. The Bertz CT molecular complexity index is 797. The van der Waals surface area contributed by atoms with Crippen molar-refractivity contribution in [2.45, 2.75) is 35.0 Å². The van der Waals surface area contributed by atoms with E-state index in [1.165, 1.54) is 5.56 Å². The SMILES string of the molecule is C=CNC[C@@H]1CCCc2cc(S(=O)(=O)c3ccccc3)ccc21. The van der Waals surface area contributed by atoms with Crippen molar-refractivity contribution in [3.63, 3.8) is 0 Å². The number of aryl methyl sites for hydroxylation is 1. The van der Waals surface area contributed by atoms with Crippen LogP contribution < -0.4 is 5.32 Å². The summed E-state index contributed by atoms with van der Waals surface area (Å²) in [5, 5.41) is 3.18. The largest absolute Gasteiger partial charge is 0.391 e. The van der Waals surface area contributed by atoms with Gasteiger partial charge in [-0.3, -0.25) is 0 Å². The summed E-state index contributed by atoms with van der Waals surface area (Å²) < 4.78 is 25.5. The molecular weight excluding hydrogens is 306 g/mol. The maximum atomic E-state index is 12.7. The monoisotopic (exact) mass is 327 g/mol. The van der Waals surface area contributed by atoms with Crippen molar-refractivity contribution in [3.05, 3.63) is 72.4 Å². The van der Waals surface area contributed by atoms with Crippen LogP contribution in [0.2, 0.25) is 0 Å². The van der Waals surface area contributed by atoms with Crippen molar-refractivity contribution in [3.8, 4) is 0 Å². The molecule has 1 aliphatic carbocycles. The van der Waals surface area contributed by atoms with E-state index in [4.69, 9.17) is 0 Å². The van der Waals surface area contributed by atoms with Crippen LogP contribution in [0.25, 0.3) is 0 Å². The molecule has 0 heterocycles. The highest BCUT2D eigenvalue weighted by Gasteiger charge is 2.23. The molecule has 0 bridgehead atoms. The molecule has 0 unspecified atom stereocenters. The first-order valence-electron chi connectivity index (χ1n) is 7.90. The van der Waals surface area contributed by atoms with Crippen molar-refractivity contribution in [2.75, 3.05) is 6.54 Å². The van der Waals surface area contributed by atoms with Crippen LogP contribution in [0.15, 0.2) is 71.1 Å². The minimum Gasteiger partial charge on any atom is -0.391 e. The Morgan fingerprint density at radius 3 is 2.65 bits per heavy atom. The molecule has 0 aromatic heterocycles. The van der Waals surface area contributed by atoms with Gasteiger partial charge >= 0.3 is 0 Å². The summed E-state index contributed by atoms with van der Waals surface area (Å²) in [5.74, 6) is 0.422. The van der Waals surface area contributed by atoms with E-state index in [9.17, 15) is 8.42 Å². The van der Waals surface area contributed by atoms with E-state index in [2.05, 4.69) is 11.9 Å². The number of nitrogens with one attached hydrogen (secondary N) is 1. The lowest BCUT2D eigenvalue weighted by atomic mass is 9.83. The molecule has 1 aliphatic rings. The first kappa shape index (κ1) is 15.8. The van der Waals surface area contributed by atoms with Crippen molar-refractivity contribution < 1.29 is 8.42 Å². The van der Waals surface area contributed by atoms with Crippen LogP contribution in [0.5, 0.6) is 0 Å². The number of rotatable bonds is 5. The summed E-state index contributed by atoms with van der Waals surface area (Å²) in [6.45, 7) is 4.54.